The van der Waals surface area contributed by atoms with E-state index >= 15 is 0 Å². The van der Waals surface area contributed by atoms with Crippen molar-refractivity contribution in [2.45, 2.75) is 117 Å². The van der Waals surface area contributed by atoms with Crippen molar-refractivity contribution in [3.8, 4) is 23.0 Å². The summed E-state index contributed by atoms with van der Waals surface area (Å²) in [6.07, 6.45) is 14.5. The van der Waals surface area contributed by atoms with Crippen LogP contribution in [-0.4, -0.2) is 85.6 Å². The third kappa shape index (κ3) is 15.9. The van der Waals surface area contributed by atoms with Crippen LogP contribution in [0.25, 0.3) is 32.7 Å². The molecular formula is C71H81N4O8S2+. The van der Waals surface area contributed by atoms with E-state index in [4.69, 9.17) is 0 Å². The number of hydrogen-bond donors (Lipinski definition) is 4. The van der Waals surface area contributed by atoms with E-state index in [9.17, 15) is 35.5 Å². The van der Waals surface area contributed by atoms with E-state index < -0.39 is 31.1 Å². The van der Waals surface area contributed by atoms with Crippen molar-refractivity contribution >= 4 is 70.6 Å². The molecule has 0 saturated heterocycles. The molecule has 0 aliphatic carbocycles. The molecule has 4 N–H and O–H groups in total. The number of aryl methyl sites for hydroxylation is 1. The van der Waals surface area contributed by atoms with Crippen molar-refractivity contribution in [2.75, 3.05) is 42.6 Å². The second-order valence-corrected chi connectivity index (χ2v) is 26.7. The first-order valence-corrected chi connectivity index (χ1v) is 32.7. The van der Waals surface area contributed by atoms with Gasteiger partial charge in [-0.1, -0.05) is 137 Å². The van der Waals surface area contributed by atoms with Crippen LogP contribution in [0, 0.1) is 11.8 Å². The molecule has 1 amide bonds. The maximum absolute atomic E-state index is 12.3. The number of rotatable bonds is 27. The molecule has 444 valence electrons. The van der Waals surface area contributed by atoms with Gasteiger partial charge >= 0.3 is 0 Å². The summed E-state index contributed by atoms with van der Waals surface area (Å²) in [5.74, 6) is 6.20. The van der Waals surface area contributed by atoms with Gasteiger partial charge in [0.05, 0.1) is 16.9 Å². The fourth-order valence-electron chi connectivity index (χ4n) is 11.9. The van der Waals surface area contributed by atoms with E-state index in [0.717, 1.165) is 95.7 Å². The minimum atomic E-state index is -4.17. The quantitative estimate of drug-likeness (QED) is 0.00739. The van der Waals surface area contributed by atoms with Crippen LogP contribution in [0.15, 0.2) is 175 Å². The third-order valence-electron chi connectivity index (χ3n) is 16.4. The average molecular weight is 1180 g/mol. The summed E-state index contributed by atoms with van der Waals surface area (Å²) >= 11 is 0. The lowest BCUT2D eigenvalue weighted by Crippen LogP contribution is -2.28. The van der Waals surface area contributed by atoms with Gasteiger partial charge < -0.3 is 15.5 Å². The van der Waals surface area contributed by atoms with Gasteiger partial charge in [-0.3, -0.25) is 18.7 Å². The lowest BCUT2D eigenvalue weighted by molar-refractivity contribution is -0.437. The second kappa shape index (κ2) is 27.7. The van der Waals surface area contributed by atoms with Gasteiger partial charge in [-0.15, -0.1) is 0 Å². The van der Waals surface area contributed by atoms with Gasteiger partial charge in [-0.05, 0) is 164 Å². The number of benzene rings is 6. The summed E-state index contributed by atoms with van der Waals surface area (Å²) in [5, 5.41) is 11.4. The molecule has 2 heterocycles. The Morgan fingerprint density at radius 2 is 1.31 bits per heavy atom. The Morgan fingerprint density at radius 1 is 0.671 bits per heavy atom. The molecule has 6 aromatic carbocycles. The number of nitrogens with zero attached hydrogens (tertiary/aromatic N) is 2. The van der Waals surface area contributed by atoms with Crippen molar-refractivity contribution < 1.29 is 40.1 Å². The van der Waals surface area contributed by atoms with Crippen LogP contribution in [0.5, 0.6) is 0 Å². The summed E-state index contributed by atoms with van der Waals surface area (Å²) in [5.41, 5.74) is 12.3. The molecule has 2 aliphatic heterocycles. The number of carbonyl (C=O) groups excluding carboxylic acids is 2. The highest BCUT2D eigenvalue weighted by Gasteiger charge is 2.44. The van der Waals surface area contributed by atoms with Gasteiger partial charge in [0.25, 0.3) is 20.2 Å². The number of unbranched alkanes of at least 4 members (excludes halogenated alkanes) is 3. The molecule has 14 heteroatoms. The normalized spacial score (nSPS) is 15.1. The Morgan fingerprint density at radius 3 is 2.01 bits per heavy atom. The van der Waals surface area contributed by atoms with Crippen molar-refractivity contribution in [2.24, 2.45) is 0 Å². The molecule has 0 fully saturated rings. The summed E-state index contributed by atoms with van der Waals surface area (Å²) in [6.45, 7) is 22.3. The number of allylic oxidation sites excluding steroid dienone is 7. The molecule has 12 nitrogen and oxygen atoms in total. The van der Waals surface area contributed by atoms with Gasteiger partial charge in [0, 0.05) is 83.7 Å². The van der Waals surface area contributed by atoms with E-state index in [1.807, 2.05) is 72.8 Å². The minimum Gasteiger partial charge on any atom is -0.352 e. The lowest BCUT2D eigenvalue weighted by Gasteiger charge is -2.27. The Balaban J connectivity index is 1.15. The third-order valence-corrected chi connectivity index (χ3v) is 18.0. The molecular weight excluding hydrogens is 1100 g/mol. The summed E-state index contributed by atoms with van der Waals surface area (Å²) < 4.78 is 69.0. The fraction of sp³-hybridized carbons (Fsp3) is 0.338. The molecule has 0 radical (unpaired) electrons. The highest BCUT2D eigenvalue weighted by molar-refractivity contribution is 7.86. The molecule has 0 aromatic heterocycles. The number of carbonyl (C=O) groups is 2. The first-order valence-electron chi connectivity index (χ1n) is 29.5. The second-order valence-electron chi connectivity index (χ2n) is 23.5. The number of amides is 1. The first kappa shape index (κ1) is 63.5. The number of nitrogens with one attached hydrogen (secondary N) is 2. The van der Waals surface area contributed by atoms with Crippen molar-refractivity contribution in [1.29, 1.82) is 0 Å². The number of fused-ring (bicyclic) bond motifs is 4. The summed E-state index contributed by atoms with van der Waals surface area (Å²) in [4.78, 5) is 26.5. The Hall–Kier alpha value is -7.51. The van der Waals surface area contributed by atoms with E-state index in [0.29, 0.717) is 49.3 Å². The van der Waals surface area contributed by atoms with Crippen LogP contribution in [-0.2, 0) is 53.6 Å². The predicted octanol–water partition coefficient (Wildman–Crippen LogP) is 13.6. The molecule has 8 rings (SSSR count). The van der Waals surface area contributed by atoms with Crippen LogP contribution in [0.1, 0.15) is 121 Å². The van der Waals surface area contributed by atoms with Crippen LogP contribution >= 0.6 is 0 Å². The molecule has 0 unspecified atom stereocenters. The highest BCUT2D eigenvalue weighted by Crippen LogP contribution is 2.48. The van der Waals surface area contributed by atoms with Crippen LogP contribution < -0.4 is 15.5 Å². The molecule has 6 aromatic rings. The number of hydrogen-bond acceptors (Lipinski definition) is 8. The molecule has 0 spiro atoms. The fourth-order valence-corrected chi connectivity index (χ4v) is 12.9. The predicted molar refractivity (Wildman–Crippen MR) is 348 cm³/mol. The Bertz CT molecular complexity index is 3970. The zero-order chi connectivity index (χ0) is 61.1. The van der Waals surface area contributed by atoms with Crippen LogP contribution in [0.2, 0.25) is 0 Å². The maximum Gasteiger partial charge on any atom is 0.265 e. The molecule has 0 bridgehead atoms. The smallest absolute Gasteiger partial charge is 0.265 e. The van der Waals surface area contributed by atoms with Gasteiger partial charge in [-0.2, -0.15) is 21.4 Å². The van der Waals surface area contributed by atoms with E-state index in [1.54, 1.807) is 13.8 Å². The zero-order valence-electron chi connectivity index (χ0n) is 50.1. The van der Waals surface area contributed by atoms with Gasteiger partial charge in [0.1, 0.15) is 6.54 Å². The topological polar surface area (TPSA) is 173 Å². The summed E-state index contributed by atoms with van der Waals surface area (Å²) in [6, 6.07) is 39.9. The molecule has 0 saturated carbocycles. The number of Topliss-reactive ketones (excluding diaryl/α,β-unsaturated/α-hetero) is 1. The molecule has 85 heavy (non-hydrogen) atoms. The number of ketones is 1. The molecule has 0 atom stereocenters. The maximum atomic E-state index is 12.3. The monoisotopic (exact) mass is 1180 g/mol. The SMILES string of the molecule is C=C(C)C(=O)CCCCCCc1c2ccccc2c(CNCCCNC(=O)C(=C)C)c2ccc(-c3ccc(C#CC(C=CC4=[N+](CCCS(=O)(=O)O)c5ccccc5C4(C)C)=CC=C4N(CCCS(=O)(=O)O)c5ccccc5C4(C)C)cc3)cc12. The standard InChI is InChI=1S/C71H80N4O8S2/c1-50(2)66(76)29-12-10-9-11-22-57-56-23-13-14-24-58(56)61(49-72-42-19-43-73-69(77)51(3)4)59-39-38-55(48-60(57)59)54-36-32-52(33-37-54)30-31-53(34-40-67-70(5,6)62-25-15-17-27-64(62)74(67)44-20-46-84(78,79)80)35-41-68-71(7,8)63-26-16-18-28-65(63)75(68)45-21-47-85(81,82)83/h13-18,23-28,32-41,48,72H,1,3,9-12,19-22,29,42-47,49H2,2,4-8H3,(H2-,73,77,78,79,80,81,82,83)/p+1. The number of para-hydroxylation sites is 2. The highest BCUT2D eigenvalue weighted by atomic mass is 32.2. The van der Waals surface area contributed by atoms with Gasteiger partial charge in [-0.25, -0.2) is 0 Å². The van der Waals surface area contributed by atoms with Gasteiger partial charge in [0.2, 0.25) is 11.6 Å². The first-order chi connectivity index (χ1) is 40.4. The van der Waals surface area contributed by atoms with Gasteiger partial charge in [0.15, 0.2) is 11.5 Å². The summed E-state index contributed by atoms with van der Waals surface area (Å²) in [7, 11) is -8.35. The van der Waals surface area contributed by atoms with E-state index in [2.05, 4.69) is 140 Å². The van der Waals surface area contributed by atoms with Crippen molar-refractivity contribution in [1.82, 2.24) is 10.6 Å². The Kier molecular flexibility index (Phi) is 20.7. The van der Waals surface area contributed by atoms with Crippen LogP contribution in [0.3, 0.4) is 0 Å². The average Bonchev–Trinajstić information content (AvgIpc) is 2.34. The van der Waals surface area contributed by atoms with E-state index in [-0.39, 0.29) is 36.0 Å². The number of anilines is 1. The van der Waals surface area contributed by atoms with Crippen LogP contribution in [0.4, 0.5) is 11.4 Å². The van der Waals surface area contributed by atoms with Crippen molar-refractivity contribution in [3.05, 3.63) is 203 Å². The zero-order valence-corrected chi connectivity index (χ0v) is 51.7. The minimum absolute atomic E-state index is 0.130. The van der Waals surface area contributed by atoms with Crippen molar-refractivity contribution in [3.63, 3.8) is 0 Å². The molecule has 2 aliphatic rings. The lowest BCUT2D eigenvalue weighted by atomic mass is 9.81. The largest absolute Gasteiger partial charge is 0.352 e. The Labute approximate surface area is 503 Å². The van der Waals surface area contributed by atoms with E-state index in [1.165, 1.54) is 32.7 Å².